The lowest BCUT2D eigenvalue weighted by Crippen LogP contribution is -2.19. The zero-order valence-corrected chi connectivity index (χ0v) is 7.80. The summed E-state index contributed by atoms with van der Waals surface area (Å²) in [6, 6.07) is 0. The van der Waals surface area contributed by atoms with Crippen LogP contribution in [0.1, 0.15) is 0 Å². The van der Waals surface area contributed by atoms with Gasteiger partial charge in [-0.25, -0.2) is 0 Å². The van der Waals surface area contributed by atoms with E-state index in [9.17, 15) is 0 Å². The van der Waals surface area contributed by atoms with Crippen LogP contribution in [0.5, 0.6) is 5.88 Å². The first-order valence-electron chi connectivity index (χ1n) is 3.94. The van der Waals surface area contributed by atoms with Gasteiger partial charge in [0.25, 0.3) is 5.88 Å². The highest BCUT2D eigenvalue weighted by molar-refractivity contribution is 6.02. The number of aryl methyl sites for hydroxylation is 1. The van der Waals surface area contributed by atoms with Crippen molar-refractivity contribution in [1.82, 2.24) is 15.1 Å². The SMILES string of the molecule is COc1nn(C)cc1NC1=NN=C[N]1. The quantitative estimate of drug-likeness (QED) is 0.704. The van der Waals surface area contributed by atoms with Gasteiger partial charge in [-0.05, 0) is 0 Å². The van der Waals surface area contributed by atoms with Crippen LogP contribution in [-0.2, 0) is 7.05 Å². The zero-order valence-electron chi connectivity index (χ0n) is 7.80. The Kier molecular flexibility index (Phi) is 2.05. The molecule has 0 bridgehead atoms. The minimum absolute atomic E-state index is 0.427. The predicted molar refractivity (Wildman–Crippen MR) is 51.4 cm³/mol. The zero-order chi connectivity index (χ0) is 9.97. The average molecular weight is 193 g/mol. The van der Waals surface area contributed by atoms with Gasteiger partial charge in [0.15, 0.2) is 0 Å². The molecule has 0 unspecified atom stereocenters. The summed E-state index contributed by atoms with van der Waals surface area (Å²) in [5, 5.41) is 18.2. The minimum Gasteiger partial charge on any atom is -0.478 e. The summed E-state index contributed by atoms with van der Waals surface area (Å²) < 4.78 is 6.68. The molecule has 0 aromatic carbocycles. The van der Waals surface area contributed by atoms with Gasteiger partial charge in [0.2, 0.25) is 5.96 Å². The lowest BCUT2D eigenvalue weighted by molar-refractivity contribution is 0.393. The molecule has 73 valence electrons. The normalized spacial score (nSPS) is 13.7. The summed E-state index contributed by atoms with van der Waals surface area (Å²) >= 11 is 0. The van der Waals surface area contributed by atoms with E-state index in [2.05, 4.69) is 25.9 Å². The Labute approximate surface area is 80.5 Å². The molecular weight excluding hydrogens is 184 g/mol. The number of hydrogen-bond acceptors (Lipinski definition) is 5. The third-order valence-electron chi connectivity index (χ3n) is 1.62. The second-order valence-electron chi connectivity index (χ2n) is 2.63. The molecule has 14 heavy (non-hydrogen) atoms. The van der Waals surface area contributed by atoms with Crippen molar-refractivity contribution in [2.75, 3.05) is 12.4 Å². The molecule has 1 aromatic heterocycles. The fourth-order valence-corrected chi connectivity index (χ4v) is 1.07. The summed E-state index contributed by atoms with van der Waals surface area (Å²) in [5.74, 6) is 0.925. The number of anilines is 1. The molecule has 1 aliphatic rings. The average Bonchev–Trinajstić information content (AvgIpc) is 2.76. The third kappa shape index (κ3) is 1.51. The van der Waals surface area contributed by atoms with Gasteiger partial charge in [0.05, 0.1) is 13.3 Å². The molecule has 0 aliphatic carbocycles. The predicted octanol–water partition coefficient (Wildman–Crippen LogP) is -0.242. The standard InChI is InChI=1S/C7H9N6O/c1-13-3-5(6(12-13)14-2)10-7-8-4-9-11-7/h3-4H,1-2H3,(H,10,11). The molecule has 1 aromatic rings. The molecule has 0 saturated heterocycles. The van der Waals surface area contributed by atoms with Crippen LogP contribution in [0.4, 0.5) is 5.69 Å². The number of ether oxygens (including phenoxy) is 1. The van der Waals surface area contributed by atoms with Crippen LogP contribution in [0.2, 0.25) is 0 Å². The van der Waals surface area contributed by atoms with Crippen molar-refractivity contribution < 1.29 is 4.74 Å². The van der Waals surface area contributed by atoms with Crippen LogP contribution < -0.4 is 15.4 Å². The van der Waals surface area contributed by atoms with Crippen molar-refractivity contribution in [2.24, 2.45) is 17.3 Å². The van der Waals surface area contributed by atoms with Crippen molar-refractivity contribution in [1.29, 1.82) is 0 Å². The van der Waals surface area contributed by atoms with E-state index in [0.717, 1.165) is 0 Å². The smallest absolute Gasteiger partial charge is 0.256 e. The van der Waals surface area contributed by atoms with Gasteiger partial charge in [-0.3, -0.25) is 4.68 Å². The summed E-state index contributed by atoms with van der Waals surface area (Å²) in [6.45, 7) is 0. The number of methoxy groups -OCH3 is 1. The summed E-state index contributed by atoms with van der Waals surface area (Å²) in [4.78, 5) is 0. The van der Waals surface area contributed by atoms with Gasteiger partial charge in [0.1, 0.15) is 12.0 Å². The Hall–Kier alpha value is -2.05. The Morgan fingerprint density at radius 2 is 2.36 bits per heavy atom. The summed E-state index contributed by atoms with van der Waals surface area (Å²) in [5.41, 5.74) is 0.711. The fraction of sp³-hybridized carbons (Fsp3) is 0.286. The van der Waals surface area contributed by atoms with E-state index in [4.69, 9.17) is 4.74 Å². The van der Waals surface area contributed by atoms with Gasteiger partial charge in [-0.2, -0.15) is 5.32 Å². The second kappa shape index (κ2) is 3.36. The molecule has 7 heteroatoms. The molecule has 2 heterocycles. The molecule has 0 amide bonds. The molecule has 1 radical (unpaired) electrons. The van der Waals surface area contributed by atoms with Gasteiger partial charge in [-0.1, -0.05) is 0 Å². The van der Waals surface area contributed by atoms with Gasteiger partial charge < -0.3 is 10.1 Å². The van der Waals surface area contributed by atoms with Gasteiger partial charge in [0, 0.05) is 7.05 Å². The highest BCUT2D eigenvalue weighted by atomic mass is 16.5. The van der Waals surface area contributed by atoms with Crippen LogP contribution in [0.25, 0.3) is 0 Å². The van der Waals surface area contributed by atoms with E-state index in [1.807, 2.05) is 0 Å². The molecule has 0 spiro atoms. The number of nitrogens with one attached hydrogen (secondary N) is 1. The number of rotatable bonds is 2. The Bertz CT molecular complexity index is 393. The first-order valence-corrected chi connectivity index (χ1v) is 3.94. The molecular formula is C7H9N6O. The van der Waals surface area contributed by atoms with Gasteiger partial charge >= 0.3 is 0 Å². The van der Waals surface area contributed by atoms with E-state index in [-0.39, 0.29) is 0 Å². The van der Waals surface area contributed by atoms with Crippen LogP contribution in [0.3, 0.4) is 0 Å². The van der Waals surface area contributed by atoms with E-state index >= 15 is 0 Å². The van der Waals surface area contributed by atoms with Crippen molar-refractivity contribution in [3.8, 4) is 5.88 Å². The lowest BCUT2D eigenvalue weighted by atomic mass is 10.5. The topological polar surface area (TPSA) is 77.9 Å². The molecule has 0 saturated carbocycles. The van der Waals surface area contributed by atoms with Gasteiger partial charge in [-0.15, -0.1) is 15.3 Å². The van der Waals surface area contributed by atoms with Crippen LogP contribution in [-0.4, -0.2) is 29.2 Å². The Balaban J connectivity index is 2.15. The Morgan fingerprint density at radius 3 is 3.00 bits per heavy atom. The van der Waals surface area contributed by atoms with Crippen molar-refractivity contribution in [2.45, 2.75) is 0 Å². The summed E-state index contributed by atoms with van der Waals surface area (Å²) in [7, 11) is 3.36. The monoisotopic (exact) mass is 193 g/mol. The first kappa shape index (κ1) is 8.54. The summed E-state index contributed by atoms with van der Waals surface area (Å²) in [6.07, 6.45) is 3.14. The fourth-order valence-electron chi connectivity index (χ4n) is 1.07. The first-order chi connectivity index (χ1) is 6.79. The van der Waals surface area contributed by atoms with Crippen molar-refractivity contribution in [3.05, 3.63) is 6.20 Å². The van der Waals surface area contributed by atoms with Crippen LogP contribution in [0, 0.1) is 0 Å². The third-order valence-corrected chi connectivity index (χ3v) is 1.62. The van der Waals surface area contributed by atoms with E-state index < -0.39 is 0 Å². The van der Waals surface area contributed by atoms with Crippen molar-refractivity contribution >= 4 is 18.0 Å². The molecule has 0 atom stereocenters. The van der Waals surface area contributed by atoms with Crippen molar-refractivity contribution in [3.63, 3.8) is 0 Å². The molecule has 2 rings (SSSR count). The van der Waals surface area contributed by atoms with Crippen LogP contribution >= 0.6 is 0 Å². The minimum atomic E-state index is 0.427. The Morgan fingerprint density at radius 1 is 1.50 bits per heavy atom. The number of aromatic nitrogens is 2. The molecule has 1 N–H and O–H groups in total. The lowest BCUT2D eigenvalue weighted by Gasteiger charge is -2.01. The van der Waals surface area contributed by atoms with Crippen LogP contribution in [0.15, 0.2) is 16.4 Å². The maximum Gasteiger partial charge on any atom is 0.256 e. The highest BCUT2D eigenvalue weighted by Crippen LogP contribution is 2.20. The largest absolute Gasteiger partial charge is 0.478 e. The molecule has 0 fully saturated rings. The number of nitrogens with zero attached hydrogens (tertiary/aromatic N) is 5. The number of hydrogen-bond donors (Lipinski definition) is 1. The molecule has 7 nitrogen and oxygen atoms in total. The van der Waals surface area contributed by atoms with E-state index in [1.165, 1.54) is 6.34 Å². The maximum atomic E-state index is 5.04. The number of guanidine groups is 1. The highest BCUT2D eigenvalue weighted by Gasteiger charge is 2.11. The molecule has 1 aliphatic heterocycles. The second-order valence-corrected chi connectivity index (χ2v) is 2.63. The van der Waals surface area contributed by atoms with E-state index in [1.54, 1.807) is 25.0 Å². The van der Waals surface area contributed by atoms with E-state index in [0.29, 0.717) is 17.5 Å². The maximum absolute atomic E-state index is 5.04.